The van der Waals surface area contributed by atoms with Crippen LogP contribution in [-0.4, -0.2) is 6.61 Å². The molecule has 0 spiro atoms. The zero-order valence-corrected chi connectivity index (χ0v) is 11.2. The van der Waals surface area contributed by atoms with Crippen LogP contribution in [-0.2, 0) is 11.3 Å². The minimum absolute atomic E-state index is 0.536. The second kappa shape index (κ2) is 7.38. The summed E-state index contributed by atoms with van der Waals surface area (Å²) in [7, 11) is 0. The zero-order valence-electron chi connectivity index (χ0n) is 11.2. The first kappa shape index (κ1) is 13.4. The molecule has 0 heterocycles. The number of ether oxygens (including phenoxy) is 1. The number of hydrogen-bond acceptors (Lipinski definition) is 1. The minimum atomic E-state index is 0.536. The highest BCUT2D eigenvalue weighted by molar-refractivity contribution is 5.13. The van der Waals surface area contributed by atoms with Gasteiger partial charge in [0.05, 0.1) is 13.2 Å². The molecule has 1 aromatic rings. The van der Waals surface area contributed by atoms with E-state index < -0.39 is 0 Å². The van der Waals surface area contributed by atoms with Crippen LogP contribution in [0.2, 0.25) is 0 Å². The fourth-order valence-corrected chi connectivity index (χ4v) is 2.85. The van der Waals surface area contributed by atoms with Crippen LogP contribution in [0.25, 0.3) is 0 Å². The average Bonchev–Trinajstić information content (AvgIpc) is 2.46. The summed E-state index contributed by atoms with van der Waals surface area (Å²) in [5.41, 5.74) is 1.25. The molecule has 0 aromatic heterocycles. The van der Waals surface area contributed by atoms with Crippen molar-refractivity contribution in [2.24, 2.45) is 11.8 Å². The van der Waals surface area contributed by atoms with Gasteiger partial charge in [-0.3, -0.25) is 0 Å². The molecule has 0 N–H and O–H groups in total. The Morgan fingerprint density at radius 3 is 2.56 bits per heavy atom. The van der Waals surface area contributed by atoms with Gasteiger partial charge < -0.3 is 4.74 Å². The van der Waals surface area contributed by atoms with Crippen LogP contribution >= 0.6 is 0 Å². The standard InChI is InChI=1S/C17H24O/c1-2-16(17-11-7-4-8-12-17)14-18-13-15-9-5-3-6-10-15/h2-3,5-6,9-10,16-17H,1,4,7-8,11-14H2. The Bertz CT molecular complexity index is 338. The molecule has 1 aliphatic rings. The second-order valence-electron chi connectivity index (χ2n) is 5.30. The lowest BCUT2D eigenvalue weighted by molar-refractivity contribution is 0.0744. The van der Waals surface area contributed by atoms with Gasteiger partial charge in [0, 0.05) is 5.92 Å². The third-order valence-corrected chi connectivity index (χ3v) is 3.98. The fourth-order valence-electron chi connectivity index (χ4n) is 2.85. The topological polar surface area (TPSA) is 9.23 Å². The molecule has 1 heteroatoms. The maximum absolute atomic E-state index is 5.85. The van der Waals surface area contributed by atoms with Crippen LogP contribution in [0.1, 0.15) is 37.7 Å². The summed E-state index contributed by atoms with van der Waals surface area (Å²) in [5, 5.41) is 0. The fraction of sp³-hybridized carbons (Fsp3) is 0.529. The Morgan fingerprint density at radius 2 is 1.89 bits per heavy atom. The highest BCUT2D eigenvalue weighted by atomic mass is 16.5. The Kier molecular flexibility index (Phi) is 5.47. The van der Waals surface area contributed by atoms with E-state index in [0.29, 0.717) is 5.92 Å². The van der Waals surface area contributed by atoms with Gasteiger partial charge >= 0.3 is 0 Å². The Hall–Kier alpha value is -1.08. The van der Waals surface area contributed by atoms with E-state index in [-0.39, 0.29) is 0 Å². The molecule has 1 atom stereocenters. The van der Waals surface area contributed by atoms with E-state index in [2.05, 4.69) is 36.9 Å². The molecule has 1 fully saturated rings. The third kappa shape index (κ3) is 3.99. The van der Waals surface area contributed by atoms with Gasteiger partial charge in [0.25, 0.3) is 0 Å². The molecule has 18 heavy (non-hydrogen) atoms. The van der Waals surface area contributed by atoms with Crippen molar-refractivity contribution in [3.8, 4) is 0 Å². The highest BCUT2D eigenvalue weighted by Gasteiger charge is 2.21. The molecule has 0 aliphatic heterocycles. The van der Waals surface area contributed by atoms with Crippen LogP contribution < -0.4 is 0 Å². The van der Waals surface area contributed by atoms with Gasteiger partial charge in [-0.2, -0.15) is 0 Å². The van der Waals surface area contributed by atoms with Gasteiger partial charge in [-0.1, -0.05) is 55.7 Å². The number of benzene rings is 1. The van der Waals surface area contributed by atoms with Gasteiger partial charge in [0.2, 0.25) is 0 Å². The molecule has 1 aromatic carbocycles. The van der Waals surface area contributed by atoms with Crippen molar-refractivity contribution in [1.29, 1.82) is 0 Å². The van der Waals surface area contributed by atoms with Gasteiger partial charge in [-0.15, -0.1) is 6.58 Å². The molecule has 1 aliphatic carbocycles. The molecular weight excluding hydrogens is 220 g/mol. The predicted molar refractivity (Wildman–Crippen MR) is 76.4 cm³/mol. The summed E-state index contributed by atoms with van der Waals surface area (Å²) >= 11 is 0. The quantitative estimate of drug-likeness (QED) is 0.665. The maximum Gasteiger partial charge on any atom is 0.0717 e. The van der Waals surface area contributed by atoms with E-state index >= 15 is 0 Å². The van der Waals surface area contributed by atoms with Crippen LogP contribution in [0.4, 0.5) is 0 Å². The number of rotatable bonds is 6. The molecule has 0 radical (unpaired) electrons. The summed E-state index contributed by atoms with van der Waals surface area (Å²) < 4.78 is 5.85. The molecule has 0 saturated heterocycles. The predicted octanol–water partition coefficient (Wildman–Crippen LogP) is 4.59. The molecule has 1 unspecified atom stereocenters. The summed E-state index contributed by atoms with van der Waals surface area (Å²) in [5.74, 6) is 1.33. The van der Waals surface area contributed by atoms with E-state index in [1.807, 2.05) is 6.07 Å². The second-order valence-corrected chi connectivity index (χ2v) is 5.30. The highest BCUT2D eigenvalue weighted by Crippen LogP contribution is 2.30. The summed E-state index contributed by atoms with van der Waals surface area (Å²) in [6, 6.07) is 10.4. The smallest absolute Gasteiger partial charge is 0.0717 e. The lowest BCUT2D eigenvalue weighted by atomic mass is 9.80. The van der Waals surface area contributed by atoms with E-state index in [9.17, 15) is 0 Å². The van der Waals surface area contributed by atoms with Crippen molar-refractivity contribution in [3.05, 3.63) is 48.6 Å². The first-order chi connectivity index (χ1) is 8.90. The van der Waals surface area contributed by atoms with Crippen LogP contribution in [0.3, 0.4) is 0 Å². The van der Waals surface area contributed by atoms with Crippen LogP contribution in [0.5, 0.6) is 0 Å². The normalized spacial score (nSPS) is 18.4. The lowest BCUT2D eigenvalue weighted by Crippen LogP contribution is -2.20. The van der Waals surface area contributed by atoms with Crippen molar-refractivity contribution >= 4 is 0 Å². The first-order valence-electron chi connectivity index (χ1n) is 7.14. The summed E-state index contributed by atoms with van der Waals surface area (Å²) in [6.07, 6.45) is 8.98. The number of hydrogen-bond donors (Lipinski definition) is 0. The van der Waals surface area contributed by atoms with Crippen molar-refractivity contribution in [1.82, 2.24) is 0 Å². The van der Waals surface area contributed by atoms with Crippen LogP contribution in [0, 0.1) is 11.8 Å². The van der Waals surface area contributed by atoms with E-state index in [4.69, 9.17) is 4.74 Å². The van der Waals surface area contributed by atoms with Gasteiger partial charge in [0.1, 0.15) is 0 Å². The monoisotopic (exact) mass is 244 g/mol. The van der Waals surface area contributed by atoms with Crippen molar-refractivity contribution in [3.63, 3.8) is 0 Å². The van der Waals surface area contributed by atoms with Gasteiger partial charge in [-0.05, 0) is 24.3 Å². The van der Waals surface area contributed by atoms with Gasteiger partial charge in [-0.25, -0.2) is 0 Å². The summed E-state index contributed by atoms with van der Waals surface area (Å²) in [6.45, 7) is 5.52. The zero-order chi connectivity index (χ0) is 12.6. The maximum atomic E-state index is 5.85. The Morgan fingerprint density at radius 1 is 1.17 bits per heavy atom. The molecule has 0 bridgehead atoms. The SMILES string of the molecule is C=CC(COCc1ccccc1)C1CCCCC1. The van der Waals surface area contributed by atoms with Crippen molar-refractivity contribution in [2.75, 3.05) is 6.61 Å². The van der Waals surface area contributed by atoms with Gasteiger partial charge in [0.15, 0.2) is 0 Å². The molecule has 1 nitrogen and oxygen atoms in total. The van der Waals surface area contributed by atoms with Crippen LogP contribution in [0.15, 0.2) is 43.0 Å². The molecular formula is C17H24O. The van der Waals surface area contributed by atoms with Crippen molar-refractivity contribution in [2.45, 2.75) is 38.7 Å². The lowest BCUT2D eigenvalue weighted by Gasteiger charge is -2.28. The average molecular weight is 244 g/mol. The molecule has 2 rings (SSSR count). The molecule has 0 amide bonds. The van der Waals surface area contributed by atoms with E-state index in [1.165, 1.54) is 37.7 Å². The summed E-state index contributed by atoms with van der Waals surface area (Å²) in [4.78, 5) is 0. The van der Waals surface area contributed by atoms with Crippen molar-refractivity contribution < 1.29 is 4.74 Å². The van der Waals surface area contributed by atoms with E-state index in [1.54, 1.807) is 0 Å². The Labute approximate surface area is 111 Å². The molecule has 1 saturated carbocycles. The molecule has 98 valence electrons. The minimum Gasteiger partial charge on any atom is -0.376 e. The third-order valence-electron chi connectivity index (χ3n) is 3.98. The first-order valence-corrected chi connectivity index (χ1v) is 7.14. The van der Waals surface area contributed by atoms with E-state index in [0.717, 1.165) is 19.1 Å². The Balaban J connectivity index is 1.75. The largest absolute Gasteiger partial charge is 0.376 e.